The predicted octanol–water partition coefficient (Wildman–Crippen LogP) is 1.90. The van der Waals surface area contributed by atoms with Gasteiger partial charge in [-0.2, -0.15) is 0 Å². The third-order valence-corrected chi connectivity index (χ3v) is 6.32. The third-order valence-electron chi connectivity index (χ3n) is 3.76. The van der Waals surface area contributed by atoms with Crippen LogP contribution in [-0.2, 0) is 4.43 Å². The number of hydrogen-bond donors (Lipinski definition) is 0. The van der Waals surface area contributed by atoms with Crippen LogP contribution in [0.25, 0.3) is 0 Å². The molecule has 20 heavy (non-hydrogen) atoms. The molecule has 0 spiro atoms. The lowest BCUT2D eigenvalue weighted by molar-refractivity contribution is 0.0995. The van der Waals surface area contributed by atoms with Crippen molar-refractivity contribution in [2.24, 2.45) is 5.41 Å². The average Bonchev–Trinajstić information content (AvgIpc) is 2.24. The zero-order chi connectivity index (χ0) is 16.0. The van der Waals surface area contributed by atoms with Crippen molar-refractivity contribution in [3.63, 3.8) is 0 Å². The summed E-state index contributed by atoms with van der Waals surface area (Å²) < 4.78 is 5.75. The van der Waals surface area contributed by atoms with Gasteiger partial charge in [0.05, 0.1) is 0 Å². The molecule has 5 heteroatoms. The molecule has 0 radical (unpaired) electrons. The van der Waals surface area contributed by atoms with Gasteiger partial charge >= 0.3 is 0 Å². The van der Waals surface area contributed by atoms with Crippen LogP contribution in [-0.4, -0.2) is 92.0 Å². The van der Waals surface area contributed by atoms with Crippen LogP contribution in [0.5, 0.6) is 0 Å². The van der Waals surface area contributed by atoms with E-state index >= 15 is 0 Å². The Kier molecular flexibility index (Phi) is 8.51. The molecule has 0 aliphatic heterocycles. The minimum absolute atomic E-state index is 0.305. The minimum Gasteiger partial charge on any atom is -0.420 e. The lowest BCUT2D eigenvalue weighted by Crippen LogP contribution is -2.49. The van der Waals surface area contributed by atoms with Gasteiger partial charge in [-0.05, 0) is 67.8 Å². The molecule has 0 heterocycles. The second-order valence-corrected chi connectivity index (χ2v) is 12.1. The van der Waals surface area contributed by atoms with Gasteiger partial charge in [0.25, 0.3) is 0 Å². The Labute approximate surface area is 128 Å². The highest BCUT2D eigenvalue weighted by molar-refractivity contribution is 6.71. The Balaban J connectivity index is 5.04. The summed E-state index contributed by atoms with van der Waals surface area (Å²) in [7, 11) is 13.5. The lowest BCUT2D eigenvalue weighted by Gasteiger charge is -2.41. The summed E-state index contributed by atoms with van der Waals surface area (Å²) in [5.41, 5.74) is 0.305. The molecular formula is C15H37N3OSi. The van der Waals surface area contributed by atoms with Crippen LogP contribution in [0.1, 0.15) is 6.42 Å². The summed E-state index contributed by atoms with van der Waals surface area (Å²) in [6.07, 6.45) is 1.23. The van der Waals surface area contributed by atoms with E-state index in [1.54, 1.807) is 0 Å². The predicted molar refractivity (Wildman–Crippen MR) is 92.0 cm³/mol. The maximum Gasteiger partial charge on any atom is 0.186 e. The van der Waals surface area contributed by atoms with Crippen LogP contribution in [0, 0.1) is 5.41 Å². The van der Waals surface area contributed by atoms with Crippen molar-refractivity contribution in [1.82, 2.24) is 14.7 Å². The van der Waals surface area contributed by atoms with E-state index < -0.39 is 8.32 Å². The summed E-state index contributed by atoms with van der Waals surface area (Å²) in [5, 5.41) is 0. The Bertz CT molecular complexity index is 241. The summed E-state index contributed by atoms with van der Waals surface area (Å²) >= 11 is 0. The average molecular weight is 304 g/mol. The molecule has 0 aromatic heterocycles. The second kappa shape index (κ2) is 8.49. The fourth-order valence-electron chi connectivity index (χ4n) is 3.07. The molecule has 0 bridgehead atoms. The number of rotatable bonds is 10. The summed E-state index contributed by atoms with van der Waals surface area (Å²) in [6.45, 7) is 8.00. The van der Waals surface area contributed by atoms with Crippen molar-refractivity contribution in [2.45, 2.75) is 25.6 Å². The molecule has 122 valence electrons. The fraction of sp³-hybridized carbons (Fsp3) is 1.00. The monoisotopic (exact) mass is 303 g/mol. The summed E-state index contributed by atoms with van der Waals surface area (Å²) in [5.74, 6) is 0. The van der Waals surface area contributed by atoms with E-state index in [-0.39, 0.29) is 0 Å². The van der Waals surface area contributed by atoms with Gasteiger partial charge in [-0.15, -0.1) is 0 Å². The normalized spacial score (nSPS) is 13.8. The molecule has 0 rings (SSSR count). The molecule has 0 N–H and O–H groups in total. The first-order chi connectivity index (χ1) is 9.02. The quantitative estimate of drug-likeness (QED) is 0.574. The molecule has 0 saturated heterocycles. The zero-order valence-corrected chi connectivity index (χ0v) is 16.3. The van der Waals surface area contributed by atoms with Gasteiger partial charge in [0.15, 0.2) is 8.32 Å². The van der Waals surface area contributed by atoms with E-state index in [0.29, 0.717) is 5.41 Å². The van der Waals surface area contributed by atoms with E-state index in [2.05, 4.69) is 70.1 Å². The van der Waals surface area contributed by atoms with Gasteiger partial charge < -0.3 is 19.1 Å². The first-order valence-corrected chi connectivity index (χ1v) is 10.6. The molecule has 0 aliphatic rings. The summed E-state index contributed by atoms with van der Waals surface area (Å²) in [4.78, 5) is 6.98. The largest absolute Gasteiger partial charge is 0.420 e. The Morgan fingerprint density at radius 2 is 1.15 bits per heavy atom. The maximum absolute atomic E-state index is 5.75. The Morgan fingerprint density at radius 3 is 1.40 bits per heavy atom. The van der Waals surface area contributed by atoms with Gasteiger partial charge in [0.1, 0.15) is 0 Å². The van der Waals surface area contributed by atoms with E-state index in [0.717, 1.165) is 19.6 Å². The van der Waals surface area contributed by atoms with Gasteiger partial charge in [0.2, 0.25) is 0 Å². The van der Waals surface area contributed by atoms with Gasteiger partial charge in [0, 0.05) is 32.2 Å². The smallest absolute Gasteiger partial charge is 0.186 e. The first-order valence-electron chi connectivity index (χ1n) is 7.51. The molecule has 0 amide bonds. The summed E-state index contributed by atoms with van der Waals surface area (Å²) in [6, 6.07) is 1.22. The van der Waals surface area contributed by atoms with Crippen molar-refractivity contribution in [3.05, 3.63) is 0 Å². The van der Waals surface area contributed by atoms with Crippen LogP contribution in [0.4, 0.5) is 0 Å². The molecule has 0 aromatic carbocycles. The van der Waals surface area contributed by atoms with E-state index in [9.17, 15) is 0 Å². The van der Waals surface area contributed by atoms with Crippen molar-refractivity contribution in [3.8, 4) is 0 Å². The first kappa shape index (κ1) is 20.1. The fourth-order valence-corrected chi connectivity index (χ4v) is 4.40. The highest BCUT2D eigenvalue weighted by Gasteiger charge is 2.35. The number of hydrogen-bond acceptors (Lipinski definition) is 4. The topological polar surface area (TPSA) is 19.0 Å². The van der Waals surface area contributed by atoms with Crippen LogP contribution in [0.15, 0.2) is 0 Å². The Hall–Kier alpha value is 0.0569. The van der Waals surface area contributed by atoms with Crippen molar-refractivity contribution >= 4 is 8.32 Å². The third kappa shape index (κ3) is 8.37. The molecule has 0 fully saturated rings. The molecule has 0 aliphatic carbocycles. The number of nitrogens with zero attached hydrogens (tertiary/aromatic N) is 3. The second-order valence-electron chi connectivity index (χ2n) is 7.68. The molecule has 0 atom stereocenters. The SMILES string of the molecule is CO[Si](C)(C)CCC(CN(C)C)(CN(C)C)CN(C)C. The Morgan fingerprint density at radius 1 is 0.800 bits per heavy atom. The van der Waals surface area contributed by atoms with Gasteiger partial charge in [-0.1, -0.05) is 0 Å². The maximum atomic E-state index is 5.75. The van der Waals surface area contributed by atoms with E-state index in [4.69, 9.17) is 4.43 Å². The van der Waals surface area contributed by atoms with Crippen molar-refractivity contribution < 1.29 is 4.43 Å². The standard InChI is InChI=1S/C15H37N3OSi/c1-16(2)12-15(13-17(3)4,14-18(5)6)10-11-20(8,9)19-7/h10-14H2,1-9H3. The molecule has 0 unspecified atom stereocenters. The van der Waals surface area contributed by atoms with Crippen molar-refractivity contribution in [2.75, 3.05) is 69.0 Å². The van der Waals surface area contributed by atoms with E-state index in [1.165, 1.54) is 12.5 Å². The lowest BCUT2D eigenvalue weighted by atomic mass is 9.83. The molecule has 0 saturated carbocycles. The van der Waals surface area contributed by atoms with Crippen molar-refractivity contribution in [1.29, 1.82) is 0 Å². The van der Waals surface area contributed by atoms with Crippen LogP contribution in [0.3, 0.4) is 0 Å². The molecule has 0 aromatic rings. The zero-order valence-electron chi connectivity index (χ0n) is 15.3. The molecule has 4 nitrogen and oxygen atoms in total. The van der Waals surface area contributed by atoms with E-state index in [1.807, 2.05) is 7.11 Å². The van der Waals surface area contributed by atoms with Crippen LogP contribution >= 0.6 is 0 Å². The highest BCUT2D eigenvalue weighted by Crippen LogP contribution is 2.30. The van der Waals surface area contributed by atoms with Gasteiger partial charge in [-0.3, -0.25) is 0 Å². The highest BCUT2D eigenvalue weighted by atomic mass is 28.4. The minimum atomic E-state index is -1.50. The van der Waals surface area contributed by atoms with Crippen LogP contribution < -0.4 is 0 Å². The van der Waals surface area contributed by atoms with Gasteiger partial charge in [-0.25, -0.2) is 0 Å². The molecular weight excluding hydrogens is 266 g/mol. The van der Waals surface area contributed by atoms with Crippen LogP contribution in [0.2, 0.25) is 19.1 Å².